The van der Waals surface area contributed by atoms with E-state index < -0.39 is 5.41 Å². The quantitative estimate of drug-likeness (QED) is 0.625. The minimum absolute atomic E-state index is 0.142. The van der Waals surface area contributed by atoms with Crippen LogP contribution in [-0.2, 0) is 0 Å². The molecule has 3 rings (SSSR count). The SMILES string of the molecule is C[C@@]1(C(=O)c2ccc(Cl)cc2)CCC=C1c1ccc(Cl)cc1. The first kappa shape index (κ1) is 15.3. The number of allylic oxidation sites excluding steroid dienone is 2. The largest absolute Gasteiger partial charge is 0.293 e. The zero-order valence-corrected chi connectivity index (χ0v) is 13.8. The fourth-order valence-electron chi connectivity index (χ4n) is 3.09. The van der Waals surface area contributed by atoms with Crippen LogP contribution >= 0.6 is 23.2 Å². The topological polar surface area (TPSA) is 17.1 Å². The van der Waals surface area contributed by atoms with Gasteiger partial charge in [-0.05, 0) is 67.3 Å². The summed E-state index contributed by atoms with van der Waals surface area (Å²) in [6.07, 6.45) is 3.90. The summed E-state index contributed by atoms with van der Waals surface area (Å²) in [5.41, 5.74) is 2.35. The van der Waals surface area contributed by atoms with E-state index in [2.05, 4.69) is 6.08 Å². The summed E-state index contributed by atoms with van der Waals surface area (Å²) >= 11 is 11.9. The van der Waals surface area contributed by atoms with Crippen LogP contribution in [0.25, 0.3) is 5.57 Å². The molecule has 1 atom stereocenters. The van der Waals surface area contributed by atoms with Gasteiger partial charge in [-0.2, -0.15) is 0 Å². The Morgan fingerprint density at radius 3 is 2.09 bits per heavy atom. The summed E-state index contributed by atoms with van der Waals surface area (Å²) in [6.45, 7) is 2.03. The lowest BCUT2D eigenvalue weighted by molar-refractivity contribution is 0.0877. The number of carbonyl (C=O) groups excluding carboxylic acids is 1. The molecule has 0 heterocycles. The maximum Gasteiger partial charge on any atom is 0.173 e. The molecule has 1 aliphatic rings. The van der Waals surface area contributed by atoms with Crippen LogP contribution in [0.4, 0.5) is 0 Å². The maximum atomic E-state index is 13.0. The molecule has 0 spiro atoms. The van der Waals surface area contributed by atoms with Gasteiger partial charge in [0, 0.05) is 15.6 Å². The van der Waals surface area contributed by atoms with Crippen LogP contribution in [0.2, 0.25) is 10.0 Å². The Hall–Kier alpha value is -1.57. The number of Topliss-reactive ketones (excluding diaryl/α,β-unsaturated/α-hetero) is 1. The molecule has 0 aromatic heterocycles. The van der Waals surface area contributed by atoms with Gasteiger partial charge >= 0.3 is 0 Å². The highest BCUT2D eigenvalue weighted by Gasteiger charge is 2.40. The van der Waals surface area contributed by atoms with E-state index in [4.69, 9.17) is 23.2 Å². The fraction of sp³-hybridized carbons (Fsp3) is 0.211. The molecule has 2 aromatic rings. The molecule has 0 radical (unpaired) electrons. The van der Waals surface area contributed by atoms with E-state index in [1.807, 2.05) is 31.2 Å². The molecular weight excluding hydrogens is 315 g/mol. The molecule has 0 saturated carbocycles. The Labute approximate surface area is 140 Å². The first-order valence-corrected chi connectivity index (χ1v) is 8.03. The highest BCUT2D eigenvalue weighted by molar-refractivity contribution is 6.31. The summed E-state index contributed by atoms with van der Waals surface area (Å²) in [4.78, 5) is 13.0. The number of rotatable bonds is 3. The molecule has 0 unspecified atom stereocenters. The monoisotopic (exact) mass is 330 g/mol. The average Bonchev–Trinajstić information content (AvgIpc) is 2.91. The van der Waals surface area contributed by atoms with Crippen molar-refractivity contribution in [3.8, 4) is 0 Å². The van der Waals surface area contributed by atoms with Crippen molar-refractivity contribution in [2.45, 2.75) is 19.8 Å². The number of halogens is 2. The van der Waals surface area contributed by atoms with Gasteiger partial charge in [0.1, 0.15) is 0 Å². The molecule has 2 aromatic carbocycles. The molecule has 0 bridgehead atoms. The standard InChI is InChI=1S/C19H16Cl2O/c1-19(18(22)14-6-10-16(21)11-7-14)12-2-3-17(19)13-4-8-15(20)9-5-13/h3-11H,2,12H2,1H3/t19-/m1/s1. The van der Waals surface area contributed by atoms with Crippen LogP contribution in [0, 0.1) is 5.41 Å². The number of benzene rings is 2. The molecule has 1 aliphatic carbocycles. The van der Waals surface area contributed by atoms with Gasteiger partial charge in [-0.15, -0.1) is 0 Å². The van der Waals surface area contributed by atoms with Gasteiger partial charge in [0.05, 0.1) is 5.41 Å². The third kappa shape index (κ3) is 2.71. The van der Waals surface area contributed by atoms with Crippen molar-refractivity contribution in [3.63, 3.8) is 0 Å². The van der Waals surface area contributed by atoms with Gasteiger partial charge in [-0.25, -0.2) is 0 Å². The van der Waals surface area contributed by atoms with Crippen molar-refractivity contribution < 1.29 is 4.79 Å². The number of hydrogen-bond donors (Lipinski definition) is 0. The van der Waals surface area contributed by atoms with Crippen LogP contribution in [0.15, 0.2) is 54.6 Å². The lowest BCUT2D eigenvalue weighted by atomic mass is 9.74. The molecule has 112 valence electrons. The summed E-state index contributed by atoms with van der Waals surface area (Å²) in [6, 6.07) is 14.8. The minimum atomic E-state index is -0.498. The number of carbonyl (C=O) groups is 1. The Bertz CT molecular complexity index is 729. The van der Waals surface area contributed by atoms with E-state index in [0.717, 1.165) is 24.0 Å². The van der Waals surface area contributed by atoms with Crippen molar-refractivity contribution in [3.05, 3.63) is 75.8 Å². The molecule has 0 amide bonds. The average molecular weight is 331 g/mol. The van der Waals surface area contributed by atoms with Crippen LogP contribution in [0.3, 0.4) is 0 Å². The molecule has 0 aliphatic heterocycles. The van der Waals surface area contributed by atoms with Crippen LogP contribution in [-0.4, -0.2) is 5.78 Å². The molecule has 22 heavy (non-hydrogen) atoms. The first-order valence-electron chi connectivity index (χ1n) is 7.28. The maximum absolute atomic E-state index is 13.0. The van der Waals surface area contributed by atoms with Gasteiger partial charge in [-0.3, -0.25) is 4.79 Å². The Kier molecular flexibility index (Phi) is 4.12. The summed E-state index contributed by atoms with van der Waals surface area (Å²) in [5, 5.41) is 1.34. The second kappa shape index (κ2) is 5.91. The van der Waals surface area contributed by atoms with Crippen molar-refractivity contribution in [2.75, 3.05) is 0 Å². The van der Waals surface area contributed by atoms with E-state index in [0.29, 0.717) is 15.6 Å². The smallest absolute Gasteiger partial charge is 0.173 e. The lowest BCUT2D eigenvalue weighted by Gasteiger charge is -2.27. The number of ketones is 1. The molecule has 3 heteroatoms. The lowest BCUT2D eigenvalue weighted by Crippen LogP contribution is -2.27. The van der Waals surface area contributed by atoms with Gasteiger partial charge in [0.15, 0.2) is 5.78 Å². The van der Waals surface area contributed by atoms with Crippen molar-refractivity contribution >= 4 is 34.6 Å². The second-order valence-electron chi connectivity index (χ2n) is 5.83. The van der Waals surface area contributed by atoms with E-state index >= 15 is 0 Å². The third-order valence-corrected chi connectivity index (χ3v) is 4.85. The van der Waals surface area contributed by atoms with E-state index in [-0.39, 0.29) is 5.78 Å². The van der Waals surface area contributed by atoms with Crippen LogP contribution in [0.5, 0.6) is 0 Å². The van der Waals surface area contributed by atoms with Crippen LogP contribution < -0.4 is 0 Å². The third-order valence-electron chi connectivity index (χ3n) is 4.35. The molecular formula is C19H16Cl2O. The normalized spacial score (nSPS) is 20.8. The predicted octanol–water partition coefficient (Wildman–Crippen LogP) is 6.06. The van der Waals surface area contributed by atoms with Gasteiger partial charge in [0.25, 0.3) is 0 Å². The fourth-order valence-corrected chi connectivity index (χ4v) is 3.34. The highest BCUT2D eigenvalue weighted by Crippen LogP contribution is 2.46. The minimum Gasteiger partial charge on any atom is -0.293 e. The second-order valence-corrected chi connectivity index (χ2v) is 6.70. The van der Waals surface area contributed by atoms with Gasteiger partial charge in [0.2, 0.25) is 0 Å². The Morgan fingerprint density at radius 1 is 0.955 bits per heavy atom. The Balaban J connectivity index is 1.97. The van der Waals surface area contributed by atoms with Crippen molar-refractivity contribution in [1.82, 2.24) is 0 Å². The first-order chi connectivity index (χ1) is 10.5. The van der Waals surface area contributed by atoms with E-state index in [9.17, 15) is 4.79 Å². The highest BCUT2D eigenvalue weighted by atomic mass is 35.5. The van der Waals surface area contributed by atoms with Crippen molar-refractivity contribution in [1.29, 1.82) is 0 Å². The number of hydrogen-bond acceptors (Lipinski definition) is 1. The van der Waals surface area contributed by atoms with Crippen molar-refractivity contribution in [2.24, 2.45) is 5.41 Å². The zero-order valence-electron chi connectivity index (χ0n) is 12.3. The van der Waals surface area contributed by atoms with E-state index in [1.54, 1.807) is 24.3 Å². The van der Waals surface area contributed by atoms with Gasteiger partial charge < -0.3 is 0 Å². The molecule has 0 N–H and O–H groups in total. The Morgan fingerprint density at radius 2 is 1.50 bits per heavy atom. The van der Waals surface area contributed by atoms with E-state index in [1.165, 1.54) is 0 Å². The van der Waals surface area contributed by atoms with Gasteiger partial charge in [-0.1, -0.05) is 41.4 Å². The zero-order chi connectivity index (χ0) is 15.7. The molecule has 0 fully saturated rings. The predicted molar refractivity (Wildman–Crippen MR) is 92.6 cm³/mol. The summed E-state index contributed by atoms with van der Waals surface area (Å²) in [7, 11) is 0. The molecule has 1 nitrogen and oxygen atoms in total. The summed E-state index contributed by atoms with van der Waals surface area (Å²) < 4.78 is 0. The summed E-state index contributed by atoms with van der Waals surface area (Å²) in [5.74, 6) is 0.142. The molecule has 0 saturated heterocycles. The van der Waals surface area contributed by atoms with Crippen LogP contribution in [0.1, 0.15) is 35.7 Å².